The quantitative estimate of drug-likeness (QED) is 0.144. The zero-order chi connectivity index (χ0) is 21.9. The minimum absolute atomic E-state index is 0.113. The third-order valence-corrected chi connectivity index (χ3v) is 5.29. The molecule has 0 fully saturated rings. The van der Waals surface area contributed by atoms with E-state index >= 15 is 0 Å². The van der Waals surface area contributed by atoms with Crippen molar-refractivity contribution in [1.29, 1.82) is 0 Å². The lowest BCUT2D eigenvalue weighted by Gasteiger charge is -2.23. The molecule has 0 aliphatic heterocycles. The molecule has 1 atom stereocenters. The van der Waals surface area contributed by atoms with Crippen LogP contribution in [0.2, 0.25) is 0 Å². The average Bonchev–Trinajstić information content (AvgIpc) is 2.77. The predicted octanol–water partition coefficient (Wildman–Crippen LogP) is 8.12. The first-order chi connectivity index (χ1) is 14.7. The summed E-state index contributed by atoms with van der Waals surface area (Å²) in [6.45, 7) is 3.78. The molecule has 0 heterocycles. The van der Waals surface area contributed by atoms with Crippen LogP contribution in [0.25, 0.3) is 0 Å². The zero-order valence-electron chi connectivity index (χ0n) is 19.1. The van der Waals surface area contributed by atoms with Crippen LogP contribution < -0.4 is 0 Å². The van der Waals surface area contributed by atoms with Gasteiger partial charge in [0.25, 0.3) is 0 Å². The first-order valence-corrected chi connectivity index (χ1v) is 11.8. The van der Waals surface area contributed by atoms with Crippen LogP contribution in [0, 0.1) is 0 Å². The molecule has 168 valence electrons. The minimum Gasteiger partial charge on any atom is -0.453 e. The Morgan fingerprint density at radius 1 is 1.03 bits per heavy atom. The number of carbonyl (C=O) groups excluding carboxylic acids is 1. The van der Waals surface area contributed by atoms with Gasteiger partial charge in [0.1, 0.15) is 6.10 Å². The van der Waals surface area contributed by atoms with Gasteiger partial charge in [-0.15, -0.1) is 0 Å². The fourth-order valence-electron chi connectivity index (χ4n) is 3.62. The van der Waals surface area contributed by atoms with E-state index in [2.05, 4.69) is 18.2 Å². The Morgan fingerprint density at radius 3 is 2.27 bits per heavy atom. The molecule has 0 aromatic carbocycles. The summed E-state index contributed by atoms with van der Waals surface area (Å²) in [4.78, 5) is 12.5. The van der Waals surface area contributed by atoms with Crippen molar-refractivity contribution < 1.29 is 13.9 Å². The van der Waals surface area contributed by atoms with Crippen molar-refractivity contribution in [3.63, 3.8) is 0 Å². The second kappa shape index (κ2) is 17.9. The van der Waals surface area contributed by atoms with Gasteiger partial charge in [0.2, 0.25) is 0 Å². The molecule has 1 rings (SSSR count). The first-order valence-electron chi connectivity index (χ1n) is 11.8. The molecule has 0 saturated carbocycles. The van der Waals surface area contributed by atoms with Crippen molar-refractivity contribution in [2.75, 3.05) is 6.67 Å². The number of hydrogen-bond donors (Lipinski definition) is 0. The van der Waals surface area contributed by atoms with Gasteiger partial charge in [-0.1, -0.05) is 93.6 Å². The van der Waals surface area contributed by atoms with E-state index < -0.39 is 0 Å². The molecular weight excluding hydrogens is 375 g/mol. The maximum atomic E-state index is 12.5. The molecule has 1 aliphatic carbocycles. The third-order valence-electron chi connectivity index (χ3n) is 5.29. The molecule has 0 amide bonds. The maximum absolute atomic E-state index is 12.5. The lowest BCUT2D eigenvalue weighted by Crippen LogP contribution is -2.23. The van der Waals surface area contributed by atoms with Gasteiger partial charge in [-0.05, 0) is 50.7 Å². The normalized spacial score (nSPS) is 15.7. The Kier molecular flexibility index (Phi) is 15.6. The summed E-state index contributed by atoms with van der Waals surface area (Å²) in [5.74, 6) is -0.113. The van der Waals surface area contributed by atoms with Crippen LogP contribution in [-0.2, 0) is 9.53 Å². The Labute approximate surface area is 183 Å². The van der Waals surface area contributed by atoms with E-state index in [4.69, 9.17) is 4.74 Å². The molecule has 0 saturated heterocycles. The number of alkyl halides is 1. The highest BCUT2D eigenvalue weighted by molar-refractivity contribution is 5.70. The van der Waals surface area contributed by atoms with Crippen molar-refractivity contribution in [3.8, 4) is 0 Å². The summed E-state index contributed by atoms with van der Waals surface area (Å²) in [6, 6.07) is 0. The number of allylic oxidation sites excluding steroid dienone is 7. The number of halogens is 1. The van der Waals surface area contributed by atoms with Gasteiger partial charge in [-0.2, -0.15) is 0 Å². The molecule has 1 aliphatic rings. The molecule has 0 bridgehead atoms. The smallest absolute Gasteiger partial charge is 0.306 e. The average molecular weight is 417 g/mol. The predicted molar refractivity (Wildman–Crippen MR) is 126 cm³/mol. The van der Waals surface area contributed by atoms with Crippen molar-refractivity contribution in [1.82, 2.24) is 0 Å². The van der Waals surface area contributed by atoms with E-state index in [-0.39, 0.29) is 18.7 Å². The molecule has 0 radical (unpaired) electrons. The molecule has 0 aromatic rings. The summed E-state index contributed by atoms with van der Waals surface area (Å²) in [6.07, 6.45) is 27.9. The molecule has 3 heteroatoms. The van der Waals surface area contributed by atoms with E-state index in [0.717, 1.165) is 56.1 Å². The van der Waals surface area contributed by atoms with E-state index in [1.807, 2.05) is 44.2 Å². The van der Waals surface area contributed by atoms with Crippen LogP contribution in [-0.4, -0.2) is 18.7 Å². The number of esters is 1. The van der Waals surface area contributed by atoms with Gasteiger partial charge in [0.15, 0.2) is 0 Å². The Balaban J connectivity index is 2.45. The van der Waals surface area contributed by atoms with Gasteiger partial charge in [0.05, 0.1) is 6.67 Å². The SMILES string of the molecule is C\C=C/C=C(\C=C/C)[C@@H](OC(=O)CCCCCCCCCCCF)C1=CC=CCC1. The summed E-state index contributed by atoms with van der Waals surface area (Å²) >= 11 is 0. The van der Waals surface area contributed by atoms with E-state index in [1.165, 1.54) is 19.3 Å². The van der Waals surface area contributed by atoms with Crippen molar-refractivity contribution in [2.24, 2.45) is 0 Å². The number of unbranched alkanes of at least 4 members (excludes halogenated alkanes) is 8. The summed E-state index contributed by atoms with van der Waals surface area (Å²) in [5.41, 5.74) is 2.17. The number of rotatable bonds is 16. The van der Waals surface area contributed by atoms with E-state index in [1.54, 1.807) is 0 Å². The standard InChI is InChI=1S/C27H41FO2/c1-3-5-19-24(18-4-2)27(25-20-14-13-15-21-25)30-26(29)22-16-11-9-7-6-8-10-12-17-23-28/h3-5,13-14,18-20,27H,6-12,15-17,21-23H2,1-2H3/b5-3-,18-4-,24-19+/t27-/m1/s1. The lowest BCUT2D eigenvalue weighted by atomic mass is 9.93. The molecule has 0 unspecified atom stereocenters. The highest BCUT2D eigenvalue weighted by Gasteiger charge is 2.22. The Morgan fingerprint density at radius 2 is 1.70 bits per heavy atom. The molecule has 0 N–H and O–H groups in total. The van der Waals surface area contributed by atoms with Crippen LogP contribution in [0.3, 0.4) is 0 Å². The fourth-order valence-corrected chi connectivity index (χ4v) is 3.62. The third kappa shape index (κ3) is 11.9. The maximum Gasteiger partial charge on any atom is 0.306 e. The molecule has 0 spiro atoms. The van der Waals surface area contributed by atoms with Crippen LogP contribution in [0.15, 0.2) is 59.8 Å². The lowest BCUT2D eigenvalue weighted by molar-refractivity contribution is -0.146. The van der Waals surface area contributed by atoms with Crippen LogP contribution >= 0.6 is 0 Å². The number of ether oxygens (including phenoxy) is 1. The topological polar surface area (TPSA) is 26.3 Å². The van der Waals surface area contributed by atoms with Crippen LogP contribution in [0.5, 0.6) is 0 Å². The van der Waals surface area contributed by atoms with E-state index in [9.17, 15) is 9.18 Å². The highest BCUT2D eigenvalue weighted by atomic mass is 19.1. The van der Waals surface area contributed by atoms with Crippen LogP contribution in [0.4, 0.5) is 4.39 Å². The first kappa shape index (κ1) is 26.1. The van der Waals surface area contributed by atoms with Gasteiger partial charge in [0, 0.05) is 6.42 Å². The molecule has 0 aromatic heterocycles. The van der Waals surface area contributed by atoms with Gasteiger partial charge in [-0.25, -0.2) is 0 Å². The molecular formula is C27H41FO2. The molecule has 2 nitrogen and oxygen atoms in total. The highest BCUT2D eigenvalue weighted by Crippen LogP contribution is 2.25. The number of carbonyl (C=O) groups is 1. The van der Waals surface area contributed by atoms with E-state index in [0.29, 0.717) is 12.8 Å². The summed E-state index contributed by atoms with van der Waals surface area (Å²) in [7, 11) is 0. The number of hydrogen-bond acceptors (Lipinski definition) is 2. The van der Waals surface area contributed by atoms with Crippen molar-refractivity contribution in [2.45, 2.75) is 97.0 Å². The summed E-state index contributed by atoms with van der Waals surface area (Å²) in [5, 5.41) is 0. The molecule has 30 heavy (non-hydrogen) atoms. The largest absolute Gasteiger partial charge is 0.453 e. The Bertz CT molecular complexity index is 610. The second-order valence-electron chi connectivity index (χ2n) is 7.89. The summed E-state index contributed by atoms with van der Waals surface area (Å²) < 4.78 is 18.0. The zero-order valence-corrected chi connectivity index (χ0v) is 19.1. The Hall–Kier alpha value is -1.90. The van der Waals surface area contributed by atoms with Crippen LogP contribution in [0.1, 0.15) is 90.9 Å². The monoisotopic (exact) mass is 416 g/mol. The van der Waals surface area contributed by atoms with Crippen molar-refractivity contribution in [3.05, 3.63) is 59.8 Å². The van der Waals surface area contributed by atoms with Gasteiger partial charge in [-0.3, -0.25) is 9.18 Å². The second-order valence-corrected chi connectivity index (χ2v) is 7.89. The van der Waals surface area contributed by atoms with Crippen molar-refractivity contribution >= 4 is 5.97 Å². The van der Waals surface area contributed by atoms with Gasteiger partial charge < -0.3 is 4.74 Å². The minimum atomic E-state index is -0.306. The fraction of sp³-hybridized carbons (Fsp3) is 0.593. The van der Waals surface area contributed by atoms with Gasteiger partial charge >= 0.3 is 5.97 Å².